The highest BCUT2D eigenvalue weighted by Gasteiger charge is 2.45. The molecule has 4 atom stereocenters. The maximum Gasteiger partial charge on any atom is 0.164 e. The second-order valence-corrected chi connectivity index (χ2v) is 14.4. The number of benzene rings is 4. The molecule has 0 radical (unpaired) electrons. The Morgan fingerprint density at radius 2 is 1.23 bits per heavy atom. The summed E-state index contributed by atoms with van der Waals surface area (Å²) in [5.41, 5.74) is 5.35. The normalized spacial score (nSPS) is 23.1. The van der Waals surface area contributed by atoms with Crippen LogP contribution in [0.2, 0.25) is 0 Å². The molecule has 44 heavy (non-hydrogen) atoms. The van der Waals surface area contributed by atoms with Crippen LogP contribution in [0.15, 0.2) is 91.0 Å². The summed E-state index contributed by atoms with van der Waals surface area (Å²) in [6.45, 7) is 4.89. The fourth-order valence-corrected chi connectivity index (χ4v) is 9.43. The quantitative estimate of drug-likeness (QED) is 0.205. The molecular weight excluding hydrogens is 557 g/mol. The molecule has 6 aromatic rings. The van der Waals surface area contributed by atoms with Gasteiger partial charge in [-0.05, 0) is 97.2 Å². The molecule has 2 bridgehead atoms. The van der Waals surface area contributed by atoms with Crippen molar-refractivity contribution in [2.45, 2.75) is 51.4 Å². The molecule has 4 nitrogen and oxygen atoms in total. The van der Waals surface area contributed by atoms with Crippen molar-refractivity contribution in [2.24, 2.45) is 17.8 Å². The lowest BCUT2D eigenvalue weighted by Gasteiger charge is -2.50. The average molecular weight is 591 g/mol. The molecule has 0 amide bonds. The number of nitriles is 1. The van der Waals surface area contributed by atoms with Gasteiger partial charge in [0.15, 0.2) is 17.5 Å². The molecular formula is C39H34N4S. The van der Waals surface area contributed by atoms with Gasteiger partial charge in [0.25, 0.3) is 0 Å². The largest absolute Gasteiger partial charge is 0.208 e. The summed E-state index contributed by atoms with van der Waals surface area (Å²) in [7, 11) is 0. The molecule has 2 fully saturated rings. The molecule has 5 heteroatoms. The zero-order valence-electron chi connectivity index (χ0n) is 25.1. The fraction of sp³-hybridized carbons (Fsp3) is 0.282. The molecule has 2 saturated carbocycles. The van der Waals surface area contributed by atoms with Gasteiger partial charge in [0.1, 0.15) is 0 Å². The topological polar surface area (TPSA) is 62.5 Å². The number of aromatic nitrogens is 3. The molecule has 4 aromatic carbocycles. The van der Waals surface area contributed by atoms with Crippen molar-refractivity contribution in [3.05, 3.63) is 102 Å². The van der Waals surface area contributed by atoms with Gasteiger partial charge in [0, 0.05) is 36.9 Å². The first-order valence-electron chi connectivity index (χ1n) is 15.8. The molecule has 0 saturated heterocycles. The summed E-state index contributed by atoms with van der Waals surface area (Å²) >= 11 is 1.74. The lowest BCUT2D eigenvalue weighted by atomic mass is 9.54. The molecule has 2 aliphatic rings. The number of thiophene rings is 1. The van der Waals surface area contributed by atoms with Crippen molar-refractivity contribution in [3.8, 4) is 40.2 Å². The van der Waals surface area contributed by atoms with E-state index in [1.54, 1.807) is 11.3 Å². The second-order valence-electron chi connectivity index (χ2n) is 13.3. The minimum Gasteiger partial charge on any atom is -0.208 e. The third-order valence-electron chi connectivity index (χ3n) is 9.91. The Morgan fingerprint density at radius 1 is 0.659 bits per heavy atom. The Hall–Kier alpha value is -4.40. The van der Waals surface area contributed by atoms with Crippen molar-refractivity contribution in [3.63, 3.8) is 0 Å². The van der Waals surface area contributed by atoms with Crippen LogP contribution in [0.3, 0.4) is 0 Å². The number of rotatable bonds is 4. The van der Waals surface area contributed by atoms with Crippen molar-refractivity contribution in [2.75, 3.05) is 0 Å². The summed E-state index contributed by atoms with van der Waals surface area (Å²) in [4.78, 5) is 15.0. The third-order valence-corrected chi connectivity index (χ3v) is 11.1. The summed E-state index contributed by atoms with van der Waals surface area (Å²) in [5.74, 6) is 4.42. The highest BCUT2D eigenvalue weighted by Crippen LogP contribution is 2.54. The van der Waals surface area contributed by atoms with Gasteiger partial charge in [-0.1, -0.05) is 68.4 Å². The maximum absolute atomic E-state index is 9.50. The Bertz CT molecular complexity index is 2040. The zero-order chi connectivity index (χ0) is 29.8. The van der Waals surface area contributed by atoms with Crippen LogP contribution in [0, 0.1) is 29.1 Å². The fourth-order valence-electron chi connectivity index (χ4n) is 8.37. The maximum atomic E-state index is 9.50. The molecule has 0 spiro atoms. The number of fused-ring (bicyclic) bond motifs is 5. The van der Waals surface area contributed by atoms with Gasteiger partial charge in [-0.25, -0.2) is 15.0 Å². The second kappa shape index (κ2) is 10.6. The minimum absolute atomic E-state index is 0.294. The number of hydrogen-bond acceptors (Lipinski definition) is 5. The van der Waals surface area contributed by atoms with Crippen molar-refractivity contribution in [1.29, 1.82) is 5.26 Å². The molecule has 8 rings (SSSR count). The molecule has 0 N–H and O–H groups in total. The summed E-state index contributed by atoms with van der Waals surface area (Å²) < 4.78 is 2.35. The number of hydrogen-bond donors (Lipinski definition) is 0. The van der Waals surface area contributed by atoms with Gasteiger partial charge in [0.05, 0.1) is 11.6 Å². The number of nitrogens with zero attached hydrogens (tertiary/aromatic N) is 4. The average Bonchev–Trinajstić information content (AvgIpc) is 3.41. The highest BCUT2D eigenvalue weighted by molar-refractivity contribution is 7.25. The Balaban J connectivity index is 1.23. The van der Waals surface area contributed by atoms with Crippen LogP contribution in [-0.4, -0.2) is 15.0 Å². The van der Waals surface area contributed by atoms with Crippen molar-refractivity contribution < 1.29 is 0 Å². The molecule has 216 valence electrons. The smallest absolute Gasteiger partial charge is 0.164 e. The lowest BCUT2D eigenvalue weighted by Crippen LogP contribution is -2.42. The Morgan fingerprint density at radius 3 is 1.89 bits per heavy atom. The summed E-state index contributed by atoms with van der Waals surface area (Å²) in [5, 5.41) is 11.7. The van der Waals surface area contributed by atoms with Crippen LogP contribution in [0.4, 0.5) is 0 Å². The van der Waals surface area contributed by atoms with E-state index in [1.807, 2.05) is 36.4 Å². The molecule has 0 aliphatic heterocycles. The van der Waals surface area contributed by atoms with Gasteiger partial charge in [-0.15, -0.1) is 11.3 Å². The van der Waals surface area contributed by atoms with Crippen molar-refractivity contribution in [1.82, 2.24) is 15.0 Å². The Labute approximate surface area is 262 Å². The predicted molar refractivity (Wildman–Crippen MR) is 180 cm³/mol. The zero-order valence-corrected chi connectivity index (χ0v) is 25.9. The lowest BCUT2D eigenvalue weighted by molar-refractivity contribution is 0.0780. The van der Waals surface area contributed by atoms with Gasteiger partial charge in [-0.2, -0.15) is 5.26 Å². The molecule has 2 heterocycles. The summed E-state index contributed by atoms with van der Waals surface area (Å²) in [6.07, 6.45) is 6.66. The van der Waals surface area contributed by atoms with Gasteiger partial charge < -0.3 is 0 Å². The van der Waals surface area contributed by atoms with Gasteiger partial charge in [0.2, 0.25) is 0 Å². The van der Waals surface area contributed by atoms with E-state index in [0.717, 1.165) is 45.2 Å². The standard InChI is InChI=1S/C39H34N4S/c1-24-16-27-17-25(2)21-39(20-24,22-27)31-12-9-29(10-13-31)37-41-36(28-6-4-3-5-7-28)42-38(43-37)30-11-15-35-33(19-30)32-18-26(23-40)8-14-34(32)44-35/h3-15,18-19,24-25,27H,16-17,20-22H2,1-2H3/t24-,25+,27?,39?. The van der Waals surface area contributed by atoms with Crippen LogP contribution in [0.5, 0.6) is 0 Å². The van der Waals surface area contributed by atoms with Crippen LogP contribution in [-0.2, 0) is 5.41 Å². The van der Waals surface area contributed by atoms with E-state index in [9.17, 15) is 5.26 Å². The first-order valence-corrected chi connectivity index (χ1v) is 16.6. The molecule has 2 aliphatic carbocycles. The van der Waals surface area contributed by atoms with Crippen molar-refractivity contribution >= 4 is 31.5 Å². The molecule has 2 unspecified atom stereocenters. The van der Waals surface area contributed by atoms with E-state index >= 15 is 0 Å². The minimum atomic E-state index is 0.294. The van der Waals surface area contributed by atoms with Crippen LogP contribution in [0.1, 0.15) is 57.1 Å². The SMILES string of the molecule is C[C@@H]1CC2C[C@H](C)CC(c3ccc(-c4nc(-c5ccccc5)nc(-c5ccc6sc7ccc(C#N)cc7c6c5)n4)cc3)(C2)C1. The first-order chi connectivity index (χ1) is 21.5. The van der Waals surface area contributed by atoms with E-state index in [-0.39, 0.29) is 0 Å². The third kappa shape index (κ3) is 4.78. The summed E-state index contributed by atoms with van der Waals surface area (Å²) in [6, 6.07) is 33.9. The molecule has 2 aromatic heterocycles. The van der Waals surface area contributed by atoms with E-state index in [0.29, 0.717) is 28.5 Å². The van der Waals surface area contributed by atoms with Crippen LogP contribution < -0.4 is 0 Å². The monoisotopic (exact) mass is 590 g/mol. The van der Waals surface area contributed by atoms with E-state index in [4.69, 9.17) is 15.0 Å². The Kier molecular flexibility index (Phi) is 6.57. The van der Waals surface area contributed by atoms with Crippen LogP contribution in [0.25, 0.3) is 54.3 Å². The highest BCUT2D eigenvalue weighted by atomic mass is 32.1. The van der Waals surface area contributed by atoms with Crippen LogP contribution >= 0.6 is 11.3 Å². The van der Waals surface area contributed by atoms with E-state index in [2.05, 4.69) is 74.5 Å². The van der Waals surface area contributed by atoms with E-state index in [1.165, 1.54) is 47.1 Å². The predicted octanol–water partition coefficient (Wildman–Crippen LogP) is 10.2. The first kappa shape index (κ1) is 27.2. The van der Waals surface area contributed by atoms with Gasteiger partial charge >= 0.3 is 0 Å². The van der Waals surface area contributed by atoms with Gasteiger partial charge in [-0.3, -0.25) is 0 Å². The van der Waals surface area contributed by atoms with E-state index < -0.39 is 0 Å².